The fourth-order valence-electron chi connectivity index (χ4n) is 1.25. The molecule has 0 N–H and O–H groups in total. The molecule has 0 aromatic rings. The van der Waals surface area contributed by atoms with Gasteiger partial charge in [-0.15, -0.1) is 5.06 Å². The fourth-order valence-corrected chi connectivity index (χ4v) is 1.80. The Morgan fingerprint density at radius 1 is 1.36 bits per heavy atom. The first-order chi connectivity index (χ1) is 6.68. The summed E-state index contributed by atoms with van der Waals surface area (Å²) in [5.41, 5.74) is 0. The highest BCUT2D eigenvalue weighted by Crippen LogP contribution is 2.10. The first-order valence-corrected chi connectivity index (χ1v) is 5.76. The topological polar surface area (TPSA) is 46.6 Å². The zero-order valence-electron chi connectivity index (χ0n) is 8.32. The van der Waals surface area contributed by atoms with Crippen molar-refractivity contribution >= 4 is 22.8 Å². The third-order valence-electron chi connectivity index (χ3n) is 1.91. The minimum absolute atomic E-state index is 0.0407. The quantitative estimate of drug-likeness (QED) is 0.708. The molecule has 0 unspecified atom stereocenters. The van der Waals surface area contributed by atoms with Gasteiger partial charge in [-0.3, -0.25) is 9.59 Å². The minimum Gasteiger partial charge on any atom is -0.368 e. The molecule has 1 aliphatic heterocycles. The number of hydroxylamine groups is 2. The first kappa shape index (κ1) is 11.5. The second-order valence-corrected chi connectivity index (χ2v) is 4.46. The maximum atomic E-state index is 11.2. The van der Waals surface area contributed by atoms with E-state index in [1.807, 2.05) is 0 Å². The summed E-state index contributed by atoms with van der Waals surface area (Å²) in [5.74, 6) is 0.280. The summed E-state index contributed by atoms with van der Waals surface area (Å²) in [7, 11) is 0. The van der Waals surface area contributed by atoms with Crippen LogP contribution >= 0.6 is 11.8 Å². The smallest absolute Gasteiger partial charge is 0.325 e. The summed E-state index contributed by atoms with van der Waals surface area (Å²) < 4.78 is 0. The number of hydrogen-bond acceptors (Lipinski definition) is 5. The summed E-state index contributed by atoms with van der Waals surface area (Å²) >= 11 is 1.16. The molecule has 0 amide bonds. The summed E-state index contributed by atoms with van der Waals surface area (Å²) in [4.78, 5) is 26.8. The van der Waals surface area contributed by atoms with Gasteiger partial charge < -0.3 is 4.84 Å². The van der Waals surface area contributed by atoms with E-state index in [0.29, 0.717) is 12.2 Å². The Bertz CT molecular complexity index is 214. The molecule has 0 bridgehead atoms. The van der Waals surface area contributed by atoms with Gasteiger partial charge in [-0.25, -0.2) is 0 Å². The summed E-state index contributed by atoms with van der Waals surface area (Å²) in [6.07, 6.45) is 2.49. The molecule has 0 saturated carbocycles. The first-order valence-electron chi connectivity index (χ1n) is 4.77. The Morgan fingerprint density at radius 3 is 2.57 bits per heavy atom. The Morgan fingerprint density at radius 2 is 2.00 bits per heavy atom. The molecule has 0 radical (unpaired) electrons. The van der Waals surface area contributed by atoms with Crippen LogP contribution in [0, 0.1) is 0 Å². The average molecular weight is 217 g/mol. The molecule has 0 atom stereocenters. The van der Waals surface area contributed by atoms with Crippen LogP contribution in [0.25, 0.3) is 0 Å². The normalized spacial score (nSPS) is 16.9. The molecule has 1 saturated heterocycles. The molecule has 80 valence electrons. The van der Waals surface area contributed by atoms with Crippen LogP contribution in [0.4, 0.5) is 0 Å². The number of rotatable bonds is 4. The lowest BCUT2D eigenvalue weighted by atomic mass is 10.4. The lowest BCUT2D eigenvalue weighted by molar-refractivity contribution is -0.184. The maximum Gasteiger partial charge on any atom is 0.325 e. The Balaban J connectivity index is 2.06. The number of hydrogen-bond donors (Lipinski definition) is 0. The highest BCUT2D eigenvalue weighted by molar-refractivity contribution is 8.13. The van der Waals surface area contributed by atoms with Crippen LogP contribution in [0.2, 0.25) is 0 Å². The van der Waals surface area contributed by atoms with Crippen molar-refractivity contribution in [2.45, 2.75) is 26.2 Å². The van der Waals surface area contributed by atoms with E-state index in [-0.39, 0.29) is 11.1 Å². The van der Waals surface area contributed by atoms with Gasteiger partial charge in [-0.05, 0) is 12.8 Å². The molecule has 1 fully saturated rings. The molecule has 1 rings (SSSR count). The zero-order valence-corrected chi connectivity index (χ0v) is 9.14. The molecule has 4 nitrogen and oxygen atoms in total. The third-order valence-corrected chi connectivity index (χ3v) is 2.72. The van der Waals surface area contributed by atoms with Crippen LogP contribution in [0.1, 0.15) is 26.2 Å². The molecule has 1 aliphatic rings. The van der Waals surface area contributed by atoms with E-state index in [0.717, 1.165) is 37.7 Å². The highest BCUT2D eigenvalue weighted by Gasteiger charge is 2.16. The van der Waals surface area contributed by atoms with E-state index >= 15 is 0 Å². The van der Waals surface area contributed by atoms with Gasteiger partial charge in [0.1, 0.15) is 0 Å². The third kappa shape index (κ3) is 4.62. The molecular weight excluding hydrogens is 202 g/mol. The SMILES string of the molecule is CC(=O)SCCC(=O)ON1CCCC1. The second kappa shape index (κ2) is 6.03. The molecular formula is C9H15NO3S. The molecule has 0 spiro atoms. The van der Waals surface area contributed by atoms with Gasteiger partial charge in [0.15, 0.2) is 5.12 Å². The van der Waals surface area contributed by atoms with E-state index in [1.54, 1.807) is 5.06 Å². The lowest BCUT2D eigenvalue weighted by Crippen LogP contribution is -2.24. The van der Waals surface area contributed by atoms with Crippen LogP contribution in [-0.4, -0.2) is 35.0 Å². The Labute approximate surface area is 87.9 Å². The second-order valence-electron chi connectivity index (χ2n) is 3.19. The van der Waals surface area contributed by atoms with Gasteiger partial charge in [0.2, 0.25) is 0 Å². The molecule has 1 heterocycles. The predicted molar refractivity (Wildman–Crippen MR) is 54.7 cm³/mol. The molecule has 14 heavy (non-hydrogen) atoms. The van der Waals surface area contributed by atoms with Crippen molar-refractivity contribution in [3.63, 3.8) is 0 Å². The van der Waals surface area contributed by atoms with Crippen LogP contribution < -0.4 is 0 Å². The van der Waals surface area contributed by atoms with Gasteiger partial charge in [0.25, 0.3) is 0 Å². The maximum absolute atomic E-state index is 11.2. The summed E-state index contributed by atoms with van der Waals surface area (Å²) in [6.45, 7) is 3.17. The van der Waals surface area contributed by atoms with Crippen molar-refractivity contribution < 1.29 is 14.4 Å². The van der Waals surface area contributed by atoms with Crippen LogP contribution in [0.15, 0.2) is 0 Å². The van der Waals surface area contributed by atoms with Gasteiger partial charge >= 0.3 is 5.97 Å². The minimum atomic E-state index is -0.236. The summed E-state index contributed by atoms with van der Waals surface area (Å²) in [5, 5.41) is 1.74. The van der Waals surface area contributed by atoms with Crippen molar-refractivity contribution in [3.8, 4) is 0 Å². The van der Waals surface area contributed by atoms with Crippen molar-refractivity contribution in [1.82, 2.24) is 5.06 Å². The van der Waals surface area contributed by atoms with Crippen molar-refractivity contribution in [1.29, 1.82) is 0 Å². The highest BCUT2D eigenvalue weighted by atomic mass is 32.2. The van der Waals surface area contributed by atoms with E-state index in [9.17, 15) is 9.59 Å². The molecule has 0 aliphatic carbocycles. The summed E-state index contributed by atoms with van der Waals surface area (Å²) in [6, 6.07) is 0. The molecule has 0 aromatic heterocycles. The van der Waals surface area contributed by atoms with E-state index in [1.165, 1.54) is 6.92 Å². The van der Waals surface area contributed by atoms with Crippen LogP contribution in [0.3, 0.4) is 0 Å². The van der Waals surface area contributed by atoms with Crippen LogP contribution in [0.5, 0.6) is 0 Å². The van der Waals surface area contributed by atoms with Crippen molar-refractivity contribution in [3.05, 3.63) is 0 Å². The van der Waals surface area contributed by atoms with Gasteiger partial charge in [0.05, 0.1) is 6.42 Å². The fraction of sp³-hybridized carbons (Fsp3) is 0.778. The standard InChI is InChI=1S/C9H15NO3S/c1-8(11)14-7-4-9(12)13-10-5-2-3-6-10/h2-7H2,1H3. The number of thioether (sulfide) groups is 1. The van der Waals surface area contributed by atoms with E-state index in [4.69, 9.17) is 4.84 Å². The van der Waals surface area contributed by atoms with Gasteiger partial charge in [-0.1, -0.05) is 11.8 Å². The number of nitrogens with zero attached hydrogens (tertiary/aromatic N) is 1. The monoisotopic (exact) mass is 217 g/mol. The van der Waals surface area contributed by atoms with Crippen molar-refractivity contribution in [2.24, 2.45) is 0 Å². The van der Waals surface area contributed by atoms with E-state index < -0.39 is 0 Å². The van der Waals surface area contributed by atoms with Crippen molar-refractivity contribution in [2.75, 3.05) is 18.8 Å². The van der Waals surface area contributed by atoms with Crippen LogP contribution in [-0.2, 0) is 14.4 Å². The molecule has 0 aromatic carbocycles. The molecule has 5 heteroatoms. The Kier molecular flexibility index (Phi) is 4.97. The average Bonchev–Trinajstić information content (AvgIpc) is 2.56. The van der Waals surface area contributed by atoms with Gasteiger partial charge in [-0.2, -0.15) is 0 Å². The van der Waals surface area contributed by atoms with E-state index in [2.05, 4.69) is 0 Å². The largest absolute Gasteiger partial charge is 0.368 e. The zero-order chi connectivity index (χ0) is 10.4. The number of carbonyl (C=O) groups excluding carboxylic acids is 2. The van der Waals surface area contributed by atoms with Gasteiger partial charge in [0, 0.05) is 25.8 Å². The predicted octanol–water partition coefficient (Wildman–Crippen LogP) is 1.21. The lowest BCUT2D eigenvalue weighted by Gasteiger charge is -2.13. The number of carbonyl (C=O) groups is 2. The Hall–Kier alpha value is -0.550.